The smallest absolute Gasteiger partial charge is 0.107 e. The molecule has 2 unspecified atom stereocenters. The van der Waals surface area contributed by atoms with Crippen molar-refractivity contribution in [2.75, 3.05) is 0 Å². The van der Waals surface area contributed by atoms with Gasteiger partial charge in [0.1, 0.15) is 4.62 Å². The second kappa shape index (κ2) is 5.10. The number of halogens is 2. The van der Waals surface area contributed by atoms with Crippen LogP contribution in [0.2, 0.25) is 19.6 Å². The van der Waals surface area contributed by atoms with Crippen LogP contribution >= 0.6 is 30.1 Å². The Morgan fingerprint density at radius 1 is 0.810 bits per heavy atom. The molecular formula is C17H19Cl2PSi. The molecule has 1 aliphatic heterocycles. The van der Waals surface area contributed by atoms with E-state index in [-0.39, 0.29) is 4.78 Å². The molecule has 0 bridgehead atoms. The van der Waals surface area contributed by atoms with E-state index in [1.165, 1.54) is 11.1 Å². The highest BCUT2D eigenvalue weighted by molar-refractivity contribution is 7.96. The Labute approximate surface area is 139 Å². The van der Waals surface area contributed by atoms with Gasteiger partial charge in [-0.25, -0.2) is 0 Å². The fraction of sp³-hybridized carbons (Fsp3) is 0.294. The van der Waals surface area contributed by atoms with Crippen molar-refractivity contribution < 1.29 is 0 Å². The molecule has 3 atom stereocenters. The molecule has 0 saturated carbocycles. The molecule has 2 aromatic rings. The zero-order valence-electron chi connectivity index (χ0n) is 12.5. The van der Waals surface area contributed by atoms with Crippen molar-refractivity contribution in [2.45, 2.75) is 29.0 Å². The maximum atomic E-state index is 7.19. The van der Waals surface area contributed by atoms with Crippen molar-refractivity contribution >= 4 is 38.2 Å². The summed E-state index contributed by atoms with van der Waals surface area (Å²) in [5.74, 6) is 0. The molecule has 3 rings (SSSR count). The quantitative estimate of drug-likeness (QED) is 0.336. The average Bonchev–Trinajstić information content (AvgIpc) is 3.00. The van der Waals surface area contributed by atoms with Crippen LogP contribution in [0.3, 0.4) is 0 Å². The van der Waals surface area contributed by atoms with Gasteiger partial charge < -0.3 is 0 Å². The topological polar surface area (TPSA) is 0 Å². The molecule has 0 spiro atoms. The second-order valence-corrected chi connectivity index (χ2v) is 16.0. The van der Waals surface area contributed by atoms with E-state index in [4.69, 9.17) is 22.8 Å². The lowest BCUT2D eigenvalue weighted by Crippen LogP contribution is -2.42. The zero-order valence-corrected chi connectivity index (χ0v) is 15.9. The summed E-state index contributed by atoms with van der Waals surface area (Å²) >= 11 is 14.1. The van der Waals surface area contributed by atoms with E-state index in [1.54, 1.807) is 0 Å². The van der Waals surface area contributed by atoms with Crippen LogP contribution in [0.15, 0.2) is 60.7 Å². The number of alkyl halides is 1. The first-order chi connectivity index (χ1) is 9.87. The van der Waals surface area contributed by atoms with Crippen molar-refractivity contribution in [1.29, 1.82) is 0 Å². The molecule has 0 nitrogen and oxygen atoms in total. The maximum Gasteiger partial charge on any atom is 0.116 e. The zero-order chi connectivity index (χ0) is 15.3. The predicted octanol–water partition coefficient (Wildman–Crippen LogP) is 6.50. The van der Waals surface area contributed by atoms with Crippen LogP contribution in [0.25, 0.3) is 0 Å². The summed E-state index contributed by atoms with van der Waals surface area (Å²) < 4.78 is -0.502. The first-order valence-electron chi connectivity index (χ1n) is 7.13. The highest BCUT2D eigenvalue weighted by Gasteiger charge is 2.81. The Balaban J connectivity index is 2.21. The summed E-state index contributed by atoms with van der Waals surface area (Å²) in [5.41, 5.74) is 2.48. The molecule has 1 aliphatic rings. The van der Waals surface area contributed by atoms with Gasteiger partial charge in [-0.05, 0) is 11.1 Å². The first kappa shape index (κ1) is 15.6. The van der Waals surface area contributed by atoms with Crippen molar-refractivity contribution in [3.63, 3.8) is 0 Å². The summed E-state index contributed by atoms with van der Waals surface area (Å²) in [5, 5.41) is 0. The Morgan fingerprint density at radius 2 is 1.24 bits per heavy atom. The first-order valence-corrected chi connectivity index (χ1v) is 13.3. The van der Waals surface area contributed by atoms with E-state index in [2.05, 4.69) is 74.2 Å². The van der Waals surface area contributed by atoms with Gasteiger partial charge in [0.2, 0.25) is 0 Å². The lowest BCUT2D eigenvalue weighted by molar-refractivity contribution is 0.839. The third kappa shape index (κ3) is 1.98. The third-order valence-electron chi connectivity index (χ3n) is 4.43. The van der Waals surface area contributed by atoms with Crippen molar-refractivity contribution in [3.8, 4) is 0 Å². The molecule has 0 aliphatic carbocycles. The van der Waals surface area contributed by atoms with Gasteiger partial charge in [0, 0.05) is 7.27 Å². The number of benzene rings is 2. The average molecular weight is 353 g/mol. The highest BCUT2D eigenvalue weighted by atomic mass is 35.7. The monoisotopic (exact) mass is 352 g/mol. The van der Waals surface area contributed by atoms with Gasteiger partial charge in [-0.3, -0.25) is 0 Å². The van der Waals surface area contributed by atoms with Gasteiger partial charge in [-0.2, -0.15) is 0 Å². The van der Waals surface area contributed by atoms with Crippen molar-refractivity contribution in [2.24, 2.45) is 0 Å². The lowest BCUT2D eigenvalue weighted by Gasteiger charge is -2.32. The van der Waals surface area contributed by atoms with Gasteiger partial charge in [0.15, 0.2) is 0 Å². The molecule has 0 aromatic heterocycles. The SMILES string of the molecule is C[Si](C)(C)C1(c2ccccc2)[P@](Cl)C1(Cl)c1ccccc1. The number of hydrogen-bond acceptors (Lipinski definition) is 0. The summed E-state index contributed by atoms with van der Waals surface area (Å²) in [6.45, 7) is 7.14. The van der Waals surface area contributed by atoms with Crippen LogP contribution in [0.1, 0.15) is 11.1 Å². The molecule has 2 aromatic carbocycles. The van der Waals surface area contributed by atoms with Crippen molar-refractivity contribution in [1.82, 2.24) is 0 Å². The van der Waals surface area contributed by atoms with Gasteiger partial charge >= 0.3 is 0 Å². The fourth-order valence-electron chi connectivity index (χ4n) is 3.49. The number of hydrogen-bond donors (Lipinski definition) is 0. The van der Waals surface area contributed by atoms with Crippen molar-refractivity contribution in [3.05, 3.63) is 71.8 Å². The van der Waals surface area contributed by atoms with Crippen LogP contribution in [0.5, 0.6) is 0 Å². The van der Waals surface area contributed by atoms with Crippen LogP contribution in [-0.4, -0.2) is 8.07 Å². The van der Waals surface area contributed by atoms with E-state index in [1.807, 2.05) is 6.07 Å². The van der Waals surface area contributed by atoms with E-state index in [0.29, 0.717) is 0 Å². The Kier molecular flexibility index (Phi) is 3.78. The standard InChI is InChI=1S/C17H19Cl2PSi/c1-21(2,3)17(15-12-8-5-9-13-15)16(18,20(17)19)14-10-6-4-7-11-14/h4-13H,1-3H3/t16?,17?,20-/m1/s1. The molecular weight excluding hydrogens is 334 g/mol. The second-order valence-electron chi connectivity index (χ2n) is 6.60. The fourth-order valence-corrected chi connectivity index (χ4v) is 17.3. The Bertz CT molecular complexity index is 641. The lowest BCUT2D eigenvalue weighted by atomic mass is 10.0. The third-order valence-corrected chi connectivity index (χ3v) is 15.8. The van der Waals surface area contributed by atoms with Gasteiger partial charge in [0.25, 0.3) is 0 Å². The minimum absolute atomic E-state index is 0.0684. The van der Waals surface area contributed by atoms with Crippen LogP contribution in [-0.2, 0) is 9.39 Å². The van der Waals surface area contributed by atoms with Crippen LogP contribution in [0, 0.1) is 0 Å². The minimum atomic E-state index is -1.63. The summed E-state index contributed by atoms with van der Waals surface area (Å²) in [6.07, 6.45) is 0. The van der Waals surface area contributed by atoms with E-state index < -0.39 is 20.0 Å². The Morgan fingerprint density at radius 3 is 1.67 bits per heavy atom. The van der Waals surface area contributed by atoms with Crippen LogP contribution < -0.4 is 0 Å². The summed E-state index contributed by atoms with van der Waals surface area (Å²) in [4.78, 5) is 0. The molecule has 21 heavy (non-hydrogen) atoms. The van der Waals surface area contributed by atoms with Gasteiger partial charge in [-0.1, -0.05) is 91.5 Å². The molecule has 4 heteroatoms. The maximum absolute atomic E-state index is 7.19. The van der Waals surface area contributed by atoms with Gasteiger partial charge in [-0.15, -0.1) is 11.6 Å². The Hall–Kier alpha value is -0.333. The molecule has 110 valence electrons. The molecule has 1 heterocycles. The highest BCUT2D eigenvalue weighted by Crippen LogP contribution is 2.98. The number of rotatable bonds is 3. The van der Waals surface area contributed by atoms with Crippen LogP contribution in [0.4, 0.5) is 0 Å². The largest absolute Gasteiger partial charge is 0.116 e. The summed E-state index contributed by atoms with van der Waals surface area (Å²) in [7, 11) is -2.44. The van der Waals surface area contributed by atoms with E-state index in [9.17, 15) is 0 Å². The molecule has 1 fully saturated rings. The molecule has 0 radical (unpaired) electrons. The molecule has 1 saturated heterocycles. The predicted molar refractivity (Wildman–Crippen MR) is 98.2 cm³/mol. The minimum Gasteiger partial charge on any atom is -0.107 e. The van der Waals surface area contributed by atoms with Gasteiger partial charge in [0.05, 0.1) is 12.9 Å². The normalized spacial score (nSPS) is 32.0. The van der Waals surface area contributed by atoms with E-state index >= 15 is 0 Å². The summed E-state index contributed by atoms with van der Waals surface area (Å²) in [6, 6.07) is 21.0. The molecule has 0 amide bonds. The van der Waals surface area contributed by atoms with E-state index in [0.717, 1.165) is 0 Å². The molecule has 0 N–H and O–H groups in total.